The summed E-state index contributed by atoms with van der Waals surface area (Å²) < 4.78 is 0. The summed E-state index contributed by atoms with van der Waals surface area (Å²) in [6.07, 6.45) is 5.46. The molecule has 8 rings (SSSR count). The Kier molecular flexibility index (Phi) is 10.8. The molecule has 2 aliphatic heterocycles. The normalized spacial score (nSPS) is 17.5. The second-order valence-corrected chi connectivity index (χ2v) is 14.7. The maximum atomic E-state index is 14.1. The van der Waals surface area contributed by atoms with Gasteiger partial charge in [-0.2, -0.15) is 5.10 Å². The number of nitrogens with zero attached hydrogens (tertiary/aromatic N) is 5. The summed E-state index contributed by atoms with van der Waals surface area (Å²) in [6, 6.07) is 33.0. The lowest BCUT2D eigenvalue weighted by Crippen LogP contribution is -2.48. The first-order chi connectivity index (χ1) is 27.4. The lowest BCUT2D eigenvalue weighted by atomic mass is 10.0. The highest BCUT2D eigenvalue weighted by atomic mass is 16.2. The lowest BCUT2D eigenvalue weighted by Gasteiger charge is -2.34. The summed E-state index contributed by atoms with van der Waals surface area (Å²) >= 11 is 0. The van der Waals surface area contributed by atoms with E-state index < -0.39 is 12.1 Å². The summed E-state index contributed by atoms with van der Waals surface area (Å²) in [5, 5.41) is 11.4. The number of amides is 3. The van der Waals surface area contributed by atoms with E-state index in [1.54, 1.807) is 4.90 Å². The molecule has 2 aliphatic rings. The Bertz CT molecular complexity index is 2300. The minimum absolute atomic E-state index is 0.0421. The van der Waals surface area contributed by atoms with Gasteiger partial charge in [0.1, 0.15) is 17.9 Å². The Morgan fingerprint density at radius 3 is 2.25 bits per heavy atom. The van der Waals surface area contributed by atoms with Gasteiger partial charge < -0.3 is 20.1 Å². The topological polar surface area (TPSA) is 130 Å². The molecule has 0 saturated carbocycles. The molecular weight excluding hydrogens is 701 g/mol. The van der Waals surface area contributed by atoms with Gasteiger partial charge in [0.05, 0.1) is 29.9 Å². The zero-order chi connectivity index (χ0) is 38.6. The van der Waals surface area contributed by atoms with E-state index in [2.05, 4.69) is 63.5 Å². The molecule has 0 aliphatic carbocycles. The van der Waals surface area contributed by atoms with Gasteiger partial charge in [-0.1, -0.05) is 105 Å². The number of H-pyrrole nitrogens is 2. The van der Waals surface area contributed by atoms with E-state index >= 15 is 0 Å². The molecule has 0 unspecified atom stereocenters. The molecule has 56 heavy (non-hydrogen) atoms. The molecule has 3 atom stereocenters. The molecule has 3 amide bonds. The van der Waals surface area contributed by atoms with E-state index in [-0.39, 0.29) is 23.8 Å². The van der Waals surface area contributed by atoms with Gasteiger partial charge in [0.15, 0.2) is 5.82 Å². The van der Waals surface area contributed by atoms with E-state index in [9.17, 15) is 14.4 Å². The van der Waals surface area contributed by atoms with Gasteiger partial charge in [0.2, 0.25) is 17.7 Å². The smallest absolute Gasteiger partial charge is 0.248 e. The van der Waals surface area contributed by atoms with Crippen LogP contribution in [0.15, 0.2) is 109 Å². The number of rotatable bonds is 12. The highest BCUT2D eigenvalue weighted by Gasteiger charge is 2.39. The Balaban J connectivity index is 0.931. The first kappa shape index (κ1) is 36.9. The highest BCUT2D eigenvalue weighted by molar-refractivity contribution is 6.04. The minimum atomic E-state index is -0.570. The molecule has 4 heterocycles. The van der Waals surface area contributed by atoms with Crippen LogP contribution in [0.1, 0.15) is 68.6 Å². The van der Waals surface area contributed by atoms with Crippen molar-refractivity contribution in [1.29, 1.82) is 0 Å². The zero-order valence-corrected chi connectivity index (χ0v) is 31.9. The predicted molar refractivity (Wildman–Crippen MR) is 218 cm³/mol. The third-order valence-electron chi connectivity index (χ3n) is 11.4. The van der Waals surface area contributed by atoms with Crippen LogP contribution < -0.4 is 5.32 Å². The van der Waals surface area contributed by atoms with Crippen molar-refractivity contribution in [2.45, 2.75) is 64.1 Å². The van der Waals surface area contributed by atoms with E-state index in [0.29, 0.717) is 25.2 Å². The van der Waals surface area contributed by atoms with Gasteiger partial charge in [0, 0.05) is 18.5 Å². The number of aromatic amines is 2. The standard InChI is InChI=1S/C45H48N8O3/c1-3-51(4-2)41(33-15-9-6-10-16-33)45(56)53-26-12-18-39(53)44(55)48-42-35-24-23-34(28-36(35)49-50-42)31-19-21-32(22-20-31)37-29-46-43(47-37)38-17-11-25-52(38)40(54)27-30-13-7-5-8-14-30/h5-10,13-16,19-24,28-29,38-39,41H,3-4,11-12,17-18,25-27H2,1-2H3,(H,46,47)(H2,48,49,50,55)/t38-,39-,41+/m0/s1. The largest absolute Gasteiger partial charge is 0.340 e. The molecule has 6 aromatic rings. The quantitative estimate of drug-likeness (QED) is 0.119. The number of nitrogens with one attached hydrogen (secondary N) is 3. The maximum absolute atomic E-state index is 14.1. The van der Waals surface area contributed by atoms with Crippen LogP contribution in [0.5, 0.6) is 0 Å². The van der Waals surface area contributed by atoms with Crippen molar-refractivity contribution in [3.05, 3.63) is 126 Å². The van der Waals surface area contributed by atoms with Gasteiger partial charge in [-0.05, 0) is 78.7 Å². The molecule has 0 spiro atoms. The predicted octanol–water partition coefficient (Wildman–Crippen LogP) is 7.54. The van der Waals surface area contributed by atoms with Gasteiger partial charge in [-0.25, -0.2) is 4.98 Å². The number of benzene rings is 4. The second kappa shape index (κ2) is 16.3. The van der Waals surface area contributed by atoms with Gasteiger partial charge in [-0.15, -0.1) is 0 Å². The number of carbonyl (C=O) groups is 3. The number of carbonyl (C=O) groups excluding carboxylic acids is 3. The SMILES string of the molecule is CCN(CC)[C@@H](C(=O)N1CCC[C@H]1C(=O)Nc1n[nH]c2cc(-c3ccc(-c4cnc([C@@H]5CCCN5C(=O)Cc5ccccc5)[nH]4)cc3)ccc12)c1ccccc1. The third kappa shape index (κ3) is 7.46. The summed E-state index contributed by atoms with van der Waals surface area (Å²) in [6.45, 7) is 6.85. The van der Waals surface area contributed by atoms with Crippen LogP contribution in [0, 0.1) is 0 Å². The van der Waals surface area contributed by atoms with Crippen molar-refractivity contribution < 1.29 is 14.4 Å². The monoisotopic (exact) mass is 748 g/mol. The number of anilines is 1. The Labute approximate surface area is 327 Å². The van der Waals surface area contributed by atoms with E-state index in [4.69, 9.17) is 4.98 Å². The van der Waals surface area contributed by atoms with E-state index in [1.165, 1.54) is 0 Å². The number of hydrogen-bond acceptors (Lipinski definition) is 6. The highest BCUT2D eigenvalue weighted by Crippen LogP contribution is 2.34. The van der Waals surface area contributed by atoms with Crippen LogP contribution >= 0.6 is 0 Å². The van der Waals surface area contributed by atoms with Crippen molar-refractivity contribution in [3.63, 3.8) is 0 Å². The second-order valence-electron chi connectivity index (χ2n) is 14.7. The molecule has 11 nitrogen and oxygen atoms in total. The summed E-state index contributed by atoms with van der Waals surface area (Å²) in [5.41, 5.74) is 6.71. The van der Waals surface area contributed by atoms with E-state index in [0.717, 1.165) is 89.1 Å². The Hall–Kier alpha value is -6.07. The molecule has 0 bridgehead atoms. The van der Waals surface area contributed by atoms with Crippen LogP contribution in [-0.4, -0.2) is 84.8 Å². The van der Waals surface area contributed by atoms with E-state index in [1.807, 2.05) is 90.0 Å². The summed E-state index contributed by atoms with van der Waals surface area (Å²) in [7, 11) is 0. The molecule has 286 valence electrons. The number of imidazole rings is 1. The molecule has 2 saturated heterocycles. The molecule has 3 N–H and O–H groups in total. The van der Waals surface area contributed by atoms with Crippen LogP contribution in [0.25, 0.3) is 33.3 Å². The number of likely N-dealkylation sites (N-methyl/N-ethyl adjacent to an activating group) is 1. The summed E-state index contributed by atoms with van der Waals surface area (Å²) in [4.78, 5) is 55.2. The van der Waals surface area contributed by atoms with Crippen molar-refractivity contribution in [2.24, 2.45) is 0 Å². The fraction of sp³-hybridized carbons (Fsp3) is 0.311. The van der Waals surface area contributed by atoms with Crippen molar-refractivity contribution in [2.75, 3.05) is 31.5 Å². The zero-order valence-electron chi connectivity index (χ0n) is 31.9. The fourth-order valence-electron chi connectivity index (χ4n) is 8.40. The Morgan fingerprint density at radius 2 is 1.50 bits per heavy atom. The van der Waals surface area contributed by atoms with Crippen LogP contribution in [0.4, 0.5) is 5.82 Å². The number of hydrogen-bond donors (Lipinski definition) is 3. The Morgan fingerprint density at radius 1 is 0.821 bits per heavy atom. The van der Waals surface area contributed by atoms with Crippen LogP contribution in [-0.2, 0) is 20.8 Å². The third-order valence-corrected chi connectivity index (χ3v) is 11.4. The van der Waals surface area contributed by atoms with Gasteiger partial charge >= 0.3 is 0 Å². The summed E-state index contributed by atoms with van der Waals surface area (Å²) in [5.74, 6) is 1.13. The first-order valence-electron chi connectivity index (χ1n) is 19.8. The van der Waals surface area contributed by atoms with Crippen molar-refractivity contribution in [1.82, 2.24) is 34.9 Å². The fourth-order valence-corrected chi connectivity index (χ4v) is 8.40. The maximum Gasteiger partial charge on any atom is 0.248 e. The molecule has 2 aromatic heterocycles. The number of likely N-dealkylation sites (tertiary alicyclic amines) is 2. The van der Waals surface area contributed by atoms with Crippen molar-refractivity contribution >= 4 is 34.4 Å². The average molecular weight is 749 g/mol. The average Bonchev–Trinajstić information content (AvgIpc) is 4.08. The van der Waals surface area contributed by atoms with Gasteiger partial charge in [0.25, 0.3) is 0 Å². The van der Waals surface area contributed by atoms with Crippen LogP contribution in [0.2, 0.25) is 0 Å². The lowest BCUT2D eigenvalue weighted by molar-refractivity contribution is -0.141. The first-order valence-corrected chi connectivity index (χ1v) is 19.8. The molecule has 11 heteroatoms. The number of fused-ring (bicyclic) bond motifs is 1. The van der Waals surface area contributed by atoms with Crippen LogP contribution in [0.3, 0.4) is 0 Å². The minimum Gasteiger partial charge on any atom is -0.340 e. The molecule has 4 aromatic carbocycles. The molecule has 0 radical (unpaired) electrons. The van der Waals surface area contributed by atoms with Gasteiger partial charge in [-0.3, -0.25) is 24.4 Å². The number of aromatic nitrogens is 4. The van der Waals surface area contributed by atoms with Crippen molar-refractivity contribution in [3.8, 4) is 22.4 Å². The molecule has 2 fully saturated rings. The molecular formula is C45H48N8O3.